The van der Waals surface area contributed by atoms with Gasteiger partial charge in [0.2, 0.25) is 11.9 Å². The van der Waals surface area contributed by atoms with Crippen LogP contribution in [0.2, 0.25) is 5.02 Å². The van der Waals surface area contributed by atoms with Crippen LogP contribution in [-0.2, 0) is 16.0 Å². The molecule has 3 aromatic rings. The van der Waals surface area contributed by atoms with Crippen molar-refractivity contribution in [2.45, 2.75) is 31.8 Å². The Kier molecular flexibility index (Phi) is 7.44. The predicted octanol–water partition coefficient (Wildman–Crippen LogP) is 3.00. The Labute approximate surface area is 213 Å². The Morgan fingerprint density at radius 2 is 1.89 bits per heavy atom. The molecule has 1 aromatic carbocycles. The number of amides is 4. The third-order valence-corrected chi connectivity index (χ3v) is 6.36. The first-order valence-electron chi connectivity index (χ1n) is 11.4. The van der Waals surface area contributed by atoms with E-state index in [0.29, 0.717) is 17.3 Å². The fourth-order valence-corrected chi connectivity index (χ4v) is 4.45. The predicted molar refractivity (Wildman–Crippen MR) is 135 cm³/mol. The summed E-state index contributed by atoms with van der Waals surface area (Å²) in [6, 6.07) is 10.0. The summed E-state index contributed by atoms with van der Waals surface area (Å²) in [5.41, 5.74) is 7.32. The van der Waals surface area contributed by atoms with E-state index >= 15 is 0 Å². The molecule has 3 atom stereocenters. The third-order valence-electron chi connectivity index (χ3n) is 6.13. The molecule has 1 aliphatic rings. The second kappa shape index (κ2) is 10.7. The summed E-state index contributed by atoms with van der Waals surface area (Å²) < 4.78 is 0. The summed E-state index contributed by atoms with van der Waals surface area (Å²) in [5.74, 6) is -1.22. The minimum Gasteiger partial charge on any atom is -0.384 e. The zero-order valence-electron chi connectivity index (χ0n) is 19.8. The van der Waals surface area contributed by atoms with Gasteiger partial charge in [0.1, 0.15) is 11.9 Å². The minimum atomic E-state index is -1.04. The molecule has 0 aliphatic carbocycles. The molecule has 4 amide bonds. The highest BCUT2D eigenvalue weighted by Crippen LogP contribution is 2.33. The van der Waals surface area contributed by atoms with Gasteiger partial charge in [0.15, 0.2) is 0 Å². The van der Waals surface area contributed by atoms with Crippen molar-refractivity contribution in [3.8, 4) is 0 Å². The number of likely N-dealkylation sites (tertiary alicyclic amines) is 1. The molecule has 1 fully saturated rings. The first-order valence-corrected chi connectivity index (χ1v) is 11.8. The largest absolute Gasteiger partial charge is 0.384 e. The molecule has 2 aromatic heterocycles. The highest BCUT2D eigenvalue weighted by atomic mass is 35.5. The van der Waals surface area contributed by atoms with E-state index in [4.69, 9.17) is 17.3 Å². The molecule has 1 aliphatic heterocycles. The Hall–Kier alpha value is -4.05. The topological polar surface area (TPSA) is 134 Å². The van der Waals surface area contributed by atoms with E-state index in [1.165, 1.54) is 30.5 Å². The molecule has 3 N–H and O–H groups in total. The van der Waals surface area contributed by atoms with Gasteiger partial charge in [-0.3, -0.25) is 19.4 Å². The van der Waals surface area contributed by atoms with Crippen molar-refractivity contribution in [1.82, 2.24) is 25.2 Å². The van der Waals surface area contributed by atoms with Gasteiger partial charge in [0.05, 0.1) is 12.0 Å². The molecule has 0 radical (unpaired) electrons. The molecule has 0 bridgehead atoms. The van der Waals surface area contributed by atoms with Crippen LogP contribution < -0.4 is 16.0 Å². The van der Waals surface area contributed by atoms with E-state index in [1.807, 2.05) is 13.0 Å². The number of hydrogen-bond donors (Lipinski definition) is 2. The number of nitrogens with one attached hydrogen (secondary N) is 1. The van der Waals surface area contributed by atoms with Crippen molar-refractivity contribution in [3.05, 3.63) is 77.2 Å². The van der Waals surface area contributed by atoms with Gasteiger partial charge >= 0.3 is 6.03 Å². The number of pyridine rings is 1. The highest BCUT2D eigenvalue weighted by molar-refractivity contribution is 6.30. The van der Waals surface area contributed by atoms with Crippen molar-refractivity contribution in [1.29, 1.82) is 0 Å². The number of nitrogens with zero attached hydrogens (tertiary/aromatic N) is 5. The van der Waals surface area contributed by atoms with E-state index in [0.717, 1.165) is 16.0 Å². The number of carbonyl (C=O) groups is 3. The molecule has 0 saturated carbocycles. The molecular weight excluding hydrogens is 482 g/mol. The number of urea groups is 1. The standard InChI is InChI=1S/C25H26ClN7O3/c1-3-19(16-6-4-7-17(26)14-16)31-25(36)33-21(23(35)32(2)24-29-9-5-10-30-24)18(22(33)34)12-15-8-11-28-20(27)13-15/h4-11,13-14,18-19,21H,3,12H2,1-2H3,(H2,27,28)(H,31,36)/t18-,19-,21+/m1/s1. The summed E-state index contributed by atoms with van der Waals surface area (Å²) in [6.45, 7) is 1.91. The van der Waals surface area contributed by atoms with Crippen LogP contribution in [0.4, 0.5) is 16.6 Å². The number of benzene rings is 1. The van der Waals surface area contributed by atoms with E-state index < -0.39 is 35.8 Å². The van der Waals surface area contributed by atoms with E-state index in [1.54, 1.807) is 36.4 Å². The molecule has 3 heterocycles. The smallest absolute Gasteiger partial charge is 0.325 e. The van der Waals surface area contributed by atoms with Crippen molar-refractivity contribution >= 4 is 41.2 Å². The SMILES string of the molecule is CC[C@@H](NC(=O)N1C(=O)[C@H](Cc2ccnc(N)c2)[C@H]1C(=O)N(C)c1ncccn1)c1cccc(Cl)c1. The van der Waals surface area contributed by atoms with E-state index in [9.17, 15) is 14.4 Å². The number of nitrogens with two attached hydrogens (primary N) is 1. The fraction of sp³-hybridized carbons (Fsp3) is 0.280. The number of β-lactam (4-membered cyclic amide) rings is 1. The van der Waals surface area contributed by atoms with Gasteiger partial charge < -0.3 is 11.1 Å². The van der Waals surface area contributed by atoms with Crippen LogP contribution in [0.3, 0.4) is 0 Å². The Morgan fingerprint density at radius 1 is 1.14 bits per heavy atom. The molecule has 186 valence electrons. The number of hydrogen-bond acceptors (Lipinski definition) is 7. The van der Waals surface area contributed by atoms with Crippen LogP contribution in [0.1, 0.15) is 30.5 Å². The molecule has 11 heteroatoms. The average molecular weight is 508 g/mol. The Bertz CT molecular complexity index is 1270. The number of likely N-dealkylation sites (N-methyl/N-ethyl adjacent to an activating group) is 1. The molecular formula is C25H26ClN7O3. The van der Waals surface area contributed by atoms with Crippen LogP contribution in [0.25, 0.3) is 0 Å². The van der Waals surface area contributed by atoms with Gasteiger partial charge in [-0.25, -0.2) is 19.7 Å². The van der Waals surface area contributed by atoms with E-state index in [-0.39, 0.29) is 12.4 Å². The maximum Gasteiger partial charge on any atom is 0.325 e. The zero-order chi connectivity index (χ0) is 25.8. The van der Waals surface area contributed by atoms with Gasteiger partial charge in [0.25, 0.3) is 5.91 Å². The minimum absolute atomic E-state index is 0.166. The number of nitrogen functional groups attached to an aromatic ring is 1. The molecule has 0 unspecified atom stereocenters. The quantitative estimate of drug-likeness (QED) is 0.469. The third kappa shape index (κ3) is 5.13. The lowest BCUT2D eigenvalue weighted by molar-refractivity contribution is -0.156. The van der Waals surface area contributed by atoms with Crippen molar-refractivity contribution in [2.75, 3.05) is 17.7 Å². The van der Waals surface area contributed by atoms with Crippen LogP contribution >= 0.6 is 11.6 Å². The maximum atomic E-state index is 13.5. The first-order chi connectivity index (χ1) is 17.3. The summed E-state index contributed by atoms with van der Waals surface area (Å²) >= 11 is 6.12. The molecule has 1 saturated heterocycles. The number of halogens is 1. The van der Waals surface area contributed by atoms with Crippen molar-refractivity contribution in [3.63, 3.8) is 0 Å². The Balaban J connectivity index is 1.60. The van der Waals surface area contributed by atoms with E-state index in [2.05, 4.69) is 20.3 Å². The summed E-state index contributed by atoms with van der Waals surface area (Å²) in [7, 11) is 1.51. The first kappa shape index (κ1) is 25.1. The van der Waals surface area contributed by atoms with Crippen molar-refractivity contribution in [2.24, 2.45) is 5.92 Å². The van der Waals surface area contributed by atoms with Crippen LogP contribution in [0, 0.1) is 5.92 Å². The normalized spacial score (nSPS) is 17.8. The molecule has 4 rings (SSSR count). The van der Waals surface area contributed by atoms with Crippen LogP contribution in [0.15, 0.2) is 61.1 Å². The number of rotatable bonds is 7. The Morgan fingerprint density at radius 3 is 2.56 bits per heavy atom. The number of aromatic nitrogens is 3. The number of anilines is 2. The molecule has 36 heavy (non-hydrogen) atoms. The highest BCUT2D eigenvalue weighted by Gasteiger charge is 2.55. The van der Waals surface area contributed by atoms with Gasteiger partial charge in [-0.15, -0.1) is 0 Å². The molecule has 0 spiro atoms. The lowest BCUT2D eigenvalue weighted by atomic mass is 9.81. The lowest BCUT2D eigenvalue weighted by Gasteiger charge is -2.45. The fourth-order valence-electron chi connectivity index (χ4n) is 4.26. The summed E-state index contributed by atoms with van der Waals surface area (Å²) in [4.78, 5) is 54.5. The van der Waals surface area contributed by atoms with Gasteiger partial charge in [-0.1, -0.05) is 30.7 Å². The summed E-state index contributed by atoms with van der Waals surface area (Å²) in [5, 5.41) is 3.41. The van der Waals surface area contributed by atoms with Crippen molar-refractivity contribution < 1.29 is 14.4 Å². The number of imide groups is 1. The maximum absolute atomic E-state index is 13.5. The second-order valence-electron chi connectivity index (χ2n) is 8.46. The van der Waals surface area contributed by atoms with Gasteiger partial charge in [-0.2, -0.15) is 0 Å². The number of carbonyl (C=O) groups excluding carboxylic acids is 3. The van der Waals surface area contributed by atoms with Gasteiger partial charge in [-0.05, 0) is 54.3 Å². The van der Waals surface area contributed by atoms with Crippen LogP contribution in [0.5, 0.6) is 0 Å². The monoisotopic (exact) mass is 507 g/mol. The molecule has 10 nitrogen and oxygen atoms in total. The second-order valence-corrected chi connectivity index (χ2v) is 8.90. The zero-order valence-corrected chi connectivity index (χ0v) is 20.6. The summed E-state index contributed by atoms with van der Waals surface area (Å²) in [6.07, 6.45) is 5.34. The average Bonchev–Trinajstić information content (AvgIpc) is 2.88. The van der Waals surface area contributed by atoms with Gasteiger partial charge in [0, 0.05) is 30.7 Å². The van der Waals surface area contributed by atoms with Crippen LogP contribution in [-0.4, -0.2) is 50.8 Å². The lowest BCUT2D eigenvalue weighted by Crippen LogP contribution is -2.70.